The molecular weight excluding hydrogens is 370 g/mol. The van der Waals surface area contributed by atoms with Crippen LogP contribution >= 0.6 is 11.3 Å². The molecule has 0 aromatic carbocycles. The third-order valence-corrected chi connectivity index (χ3v) is 7.69. The molecule has 4 heterocycles. The van der Waals surface area contributed by atoms with Gasteiger partial charge in [-0.3, -0.25) is 14.6 Å². The number of aromatic nitrogens is 2. The highest BCUT2D eigenvalue weighted by Gasteiger charge is 2.30. The highest BCUT2D eigenvalue weighted by Crippen LogP contribution is 2.34. The zero-order valence-electron chi connectivity index (χ0n) is 16.2. The SMILES string of the molecule is O=C(CN1CCc2sc(-c3cncnc3)cc2C1)N1CCN(C2CCC2)CC1. The molecule has 148 valence electrons. The largest absolute Gasteiger partial charge is 0.339 e. The summed E-state index contributed by atoms with van der Waals surface area (Å²) in [5.41, 5.74) is 2.44. The van der Waals surface area contributed by atoms with Gasteiger partial charge in [-0.1, -0.05) is 6.42 Å². The highest BCUT2D eigenvalue weighted by molar-refractivity contribution is 7.15. The fraction of sp³-hybridized carbons (Fsp3) is 0.571. The van der Waals surface area contributed by atoms with Crippen molar-refractivity contribution in [2.45, 2.75) is 38.3 Å². The van der Waals surface area contributed by atoms with Gasteiger partial charge in [0.15, 0.2) is 0 Å². The normalized spacial score (nSPS) is 21.4. The van der Waals surface area contributed by atoms with Crippen LogP contribution in [-0.4, -0.2) is 75.9 Å². The minimum absolute atomic E-state index is 0.295. The van der Waals surface area contributed by atoms with Gasteiger partial charge in [0.25, 0.3) is 0 Å². The number of thiophene rings is 1. The average Bonchev–Trinajstić information content (AvgIpc) is 3.11. The second kappa shape index (κ2) is 7.89. The summed E-state index contributed by atoms with van der Waals surface area (Å²) in [6.07, 6.45) is 10.4. The number of carbonyl (C=O) groups excluding carboxylic acids is 1. The van der Waals surface area contributed by atoms with Crippen LogP contribution in [0, 0.1) is 0 Å². The lowest BCUT2D eigenvalue weighted by molar-refractivity contribution is -0.135. The first-order valence-electron chi connectivity index (χ1n) is 10.4. The van der Waals surface area contributed by atoms with Gasteiger partial charge in [0.2, 0.25) is 5.91 Å². The maximum absolute atomic E-state index is 12.8. The second-order valence-electron chi connectivity index (χ2n) is 8.15. The molecular formula is C21H27N5OS. The number of nitrogens with zero attached hydrogens (tertiary/aromatic N) is 5. The van der Waals surface area contributed by atoms with E-state index in [2.05, 4.69) is 30.7 Å². The number of hydrogen-bond acceptors (Lipinski definition) is 6. The Bertz CT molecular complexity index is 827. The Kier molecular flexibility index (Phi) is 5.13. The van der Waals surface area contributed by atoms with Gasteiger partial charge < -0.3 is 4.90 Å². The van der Waals surface area contributed by atoms with E-state index in [1.807, 2.05) is 23.7 Å². The van der Waals surface area contributed by atoms with Crippen LogP contribution in [0.3, 0.4) is 0 Å². The molecule has 5 rings (SSSR count). The summed E-state index contributed by atoms with van der Waals surface area (Å²) in [6, 6.07) is 3.05. The molecule has 2 aliphatic heterocycles. The van der Waals surface area contributed by atoms with E-state index >= 15 is 0 Å². The molecule has 0 spiro atoms. The van der Waals surface area contributed by atoms with Crippen molar-refractivity contribution in [2.75, 3.05) is 39.3 Å². The third kappa shape index (κ3) is 3.71. The van der Waals surface area contributed by atoms with Gasteiger partial charge in [0.1, 0.15) is 6.33 Å². The van der Waals surface area contributed by atoms with Crippen LogP contribution in [0.2, 0.25) is 0 Å². The quantitative estimate of drug-likeness (QED) is 0.792. The van der Waals surface area contributed by atoms with Crippen molar-refractivity contribution >= 4 is 17.2 Å². The lowest BCUT2D eigenvalue weighted by Crippen LogP contribution is -2.55. The van der Waals surface area contributed by atoms with Crippen molar-refractivity contribution < 1.29 is 4.79 Å². The molecule has 1 amide bonds. The molecule has 0 radical (unpaired) electrons. The Morgan fingerprint density at radius 3 is 2.61 bits per heavy atom. The van der Waals surface area contributed by atoms with E-state index in [0.29, 0.717) is 12.5 Å². The van der Waals surface area contributed by atoms with Gasteiger partial charge in [-0.25, -0.2) is 9.97 Å². The first-order valence-corrected chi connectivity index (χ1v) is 11.2. The van der Waals surface area contributed by atoms with E-state index in [0.717, 1.165) is 57.3 Å². The number of piperazine rings is 1. The molecule has 3 aliphatic rings. The molecule has 2 aromatic rings. The first-order chi connectivity index (χ1) is 13.8. The molecule has 0 unspecified atom stereocenters. The Hall–Kier alpha value is -1.83. The van der Waals surface area contributed by atoms with Crippen LogP contribution in [-0.2, 0) is 17.8 Å². The van der Waals surface area contributed by atoms with Gasteiger partial charge in [-0.15, -0.1) is 11.3 Å². The van der Waals surface area contributed by atoms with Gasteiger partial charge >= 0.3 is 0 Å². The highest BCUT2D eigenvalue weighted by atomic mass is 32.1. The van der Waals surface area contributed by atoms with Crippen LogP contribution in [0.5, 0.6) is 0 Å². The van der Waals surface area contributed by atoms with Crippen molar-refractivity contribution in [1.29, 1.82) is 0 Å². The molecule has 2 aromatic heterocycles. The van der Waals surface area contributed by atoms with Crippen molar-refractivity contribution in [3.05, 3.63) is 35.2 Å². The first kappa shape index (κ1) is 18.2. The Labute approximate surface area is 170 Å². The van der Waals surface area contributed by atoms with E-state index in [-0.39, 0.29) is 0 Å². The number of hydrogen-bond donors (Lipinski definition) is 0. The number of rotatable bonds is 4. The molecule has 28 heavy (non-hydrogen) atoms. The third-order valence-electron chi connectivity index (χ3n) is 6.41. The molecule has 2 fully saturated rings. The smallest absolute Gasteiger partial charge is 0.236 e. The molecule has 6 nitrogen and oxygen atoms in total. The maximum Gasteiger partial charge on any atom is 0.236 e. The number of amides is 1. The summed E-state index contributed by atoms with van der Waals surface area (Å²) in [6.45, 7) is 6.26. The molecule has 1 saturated carbocycles. The summed E-state index contributed by atoms with van der Waals surface area (Å²) in [4.78, 5) is 30.7. The van der Waals surface area contributed by atoms with Crippen LogP contribution in [0.25, 0.3) is 10.4 Å². The summed E-state index contributed by atoms with van der Waals surface area (Å²) >= 11 is 1.84. The van der Waals surface area contributed by atoms with Crippen molar-refractivity contribution in [2.24, 2.45) is 0 Å². The van der Waals surface area contributed by atoms with E-state index < -0.39 is 0 Å². The Morgan fingerprint density at radius 2 is 1.89 bits per heavy atom. The average molecular weight is 398 g/mol. The number of fused-ring (bicyclic) bond motifs is 1. The monoisotopic (exact) mass is 397 g/mol. The predicted molar refractivity (Wildman–Crippen MR) is 110 cm³/mol. The van der Waals surface area contributed by atoms with Crippen molar-refractivity contribution in [3.63, 3.8) is 0 Å². The summed E-state index contributed by atoms with van der Waals surface area (Å²) in [7, 11) is 0. The Balaban J connectivity index is 1.16. The Morgan fingerprint density at radius 1 is 1.11 bits per heavy atom. The topological polar surface area (TPSA) is 52.6 Å². The van der Waals surface area contributed by atoms with Gasteiger partial charge in [0, 0.05) is 73.0 Å². The predicted octanol–water partition coefficient (Wildman–Crippen LogP) is 2.26. The fourth-order valence-electron chi connectivity index (χ4n) is 4.47. The van der Waals surface area contributed by atoms with Crippen LogP contribution in [0.4, 0.5) is 0 Å². The molecule has 1 aliphatic carbocycles. The maximum atomic E-state index is 12.8. The summed E-state index contributed by atoms with van der Waals surface area (Å²) in [5.74, 6) is 0.295. The zero-order chi connectivity index (χ0) is 18.9. The van der Waals surface area contributed by atoms with E-state index in [1.165, 1.54) is 34.6 Å². The van der Waals surface area contributed by atoms with Gasteiger partial charge in [-0.05, 0) is 30.9 Å². The number of carbonyl (C=O) groups is 1. The van der Waals surface area contributed by atoms with Gasteiger partial charge in [0.05, 0.1) is 6.54 Å². The standard InChI is InChI=1S/C21H27N5OS/c27-21(26-8-6-25(7-9-26)18-2-1-3-18)14-24-5-4-19-16(13-24)10-20(28-19)17-11-22-15-23-12-17/h10-12,15,18H,1-9,13-14H2. The second-order valence-corrected chi connectivity index (χ2v) is 9.29. The summed E-state index contributed by atoms with van der Waals surface area (Å²) < 4.78 is 0. The van der Waals surface area contributed by atoms with Crippen molar-refractivity contribution in [1.82, 2.24) is 24.7 Å². The lowest BCUT2D eigenvalue weighted by atomic mass is 9.91. The van der Waals surface area contributed by atoms with Crippen molar-refractivity contribution in [3.8, 4) is 10.4 Å². The fourth-order valence-corrected chi connectivity index (χ4v) is 5.61. The van der Waals surface area contributed by atoms with Crippen LogP contribution in [0.1, 0.15) is 29.7 Å². The van der Waals surface area contributed by atoms with E-state index in [1.54, 1.807) is 6.33 Å². The molecule has 1 saturated heterocycles. The molecule has 0 N–H and O–H groups in total. The van der Waals surface area contributed by atoms with Crippen LogP contribution < -0.4 is 0 Å². The summed E-state index contributed by atoms with van der Waals surface area (Å²) in [5, 5.41) is 0. The minimum Gasteiger partial charge on any atom is -0.339 e. The van der Waals surface area contributed by atoms with Crippen LogP contribution in [0.15, 0.2) is 24.8 Å². The van der Waals surface area contributed by atoms with Gasteiger partial charge in [-0.2, -0.15) is 0 Å². The molecule has 0 bridgehead atoms. The van der Waals surface area contributed by atoms with E-state index in [4.69, 9.17) is 0 Å². The van der Waals surface area contributed by atoms with E-state index in [9.17, 15) is 4.79 Å². The minimum atomic E-state index is 0.295. The zero-order valence-corrected chi connectivity index (χ0v) is 17.0. The lowest BCUT2D eigenvalue weighted by Gasteiger charge is -2.43. The molecule has 7 heteroatoms. The molecule has 0 atom stereocenters.